The Bertz CT molecular complexity index is 941. The van der Waals surface area contributed by atoms with Gasteiger partial charge in [0.1, 0.15) is 17.0 Å². The van der Waals surface area contributed by atoms with Gasteiger partial charge in [-0.3, -0.25) is 4.79 Å². The van der Waals surface area contributed by atoms with Crippen molar-refractivity contribution in [1.82, 2.24) is 19.5 Å². The number of primary amides is 1. The molecule has 1 atom stereocenters. The van der Waals surface area contributed by atoms with Crippen molar-refractivity contribution >= 4 is 22.6 Å². The van der Waals surface area contributed by atoms with E-state index in [2.05, 4.69) is 28.8 Å². The molecule has 0 saturated carbocycles. The Kier molecular flexibility index (Phi) is 3.35. The second-order valence-corrected chi connectivity index (χ2v) is 6.77. The standard InChI is InChI=1S/C17H20FN5O/c1-9(2)22-4-3-10(8-22)13-7-20-23-15-12(16(19)24)5-11(18)6-14(15)21-17(13)23/h5-7,9-10,21H,3-4,8H2,1-2H3,(H2,19,24). The molecule has 0 bridgehead atoms. The third-order valence-electron chi connectivity index (χ3n) is 4.99. The zero-order valence-electron chi connectivity index (χ0n) is 13.7. The number of amides is 1. The molecule has 1 aromatic carbocycles. The fourth-order valence-electron chi connectivity index (χ4n) is 3.70. The molecule has 6 nitrogen and oxygen atoms in total. The number of imidazole rings is 1. The average Bonchev–Trinajstić information content (AvgIpc) is 3.19. The first-order valence-electron chi connectivity index (χ1n) is 8.18. The third kappa shape index (κ3) is 2.19. The highest BCUT2D eigenvalue weighted by Crippen LogP contribution is 2.32. The summed E-state index contributed by atoms with van der Waals surface area (Å²) in [4.78, 5) is 17.3. The van der Waals surface area contributed by atoms with Crippen LogP contribution in [0.3, 0.4) is 0 Å². The maximum absolute atomic E-state index is 13.8. The van der Waals surface area contributed by atoms with Crippen LogP contribution in [0.25, 0.3) is 16.7 Å². The van der Waals surface area contributed by atoms with Gasteiger partial charge in [-0.25, -0.2) is 8.91 Å². The molecular formula is C17H20FN5O. The van der Waals surface area contributed by atoms with Gasteiger partial charge in [0.05, 0.1) is 17.3 Å². The lowest BCUT2D eigenvalue weighted by atomic mass is 10.0. The highest BCUT2D eigenvalue weighted by atomic mass is 19.1. The predicted octanol–water partition coefficient (Wildman–Crippen LogP) is 2.25. The smallest absolute Gasteiger partial charge is 0.251 e. The van der Waals surface area contributed by atoms with Crippen molar-refractivity contribution < 1.29 is 9.18 Å². The zero-order chi connectivity index (χ0) is 17.0. The molecule has 7 heteroatoms. The van der Waals surface area contributed by atoms with Gasteiger partial charge >= 0.3 is 0 Å². The van der Waals surface area contributed by atoms with E-state index in [1.165, 1.54) is 6.07 Å². The fourth-order valence-corrected chi connectivity index (χ4v) is 3.70. The van der Waals surface area contributed by atoms with E-state index in [1.807, 2.05) is 6.20 Å². The van der Waals surface area contributed by atoms with E-state index in [0.717, 1.165) is 36.8 Å². The molecule has 1 fully saturated rings. The molecule has 0 radical (unpaired) electrons. The Balaban J connectivity index is 1.86. The molecule has 3 heterocycles. The van der Waals surface area contributed by atoms with E-state index in [9.17, 15) is 9.18 Å². The molecule has 3 aromatic rings. The molecule has 2 aromatic heterocycles. The Labute approximate surface area is 138 Å². The number of aromatic nitrogens is 3. The van der Waals surface area contributed by atoms with Gasteiger partial charge in [0, 0.05) is 24.1 Å². The minimum absolute atomic E-state index is 0.140. The Morgan fingerprint density at radius 3 is 2.92 bits per heavy atom. The van der Waals surface area contributed by atoms with Gasteiger partial charge in [-0.15, -0.1) is 0 Å². The summed E-state index contributed by atoms with van der Waals surface area (Å²) in [6.07, 6.45) is 2.90. The van der Waals surface area contributed by atoms with Crippen molar-refractivity contribution in [1.29, 1.82) is 0 Å². The molecular weight excluding hydrogens is 309 g/mol. The van der Waals surface area contributed by atoms with E-state index in [1.54, 1.807) is 4.52 Å². The van der Waals surface area contributed by atoms with E-state index >= 15 is 0 Å². The number of nitrogens with zero attached hydrogens (tertiary/aromatic N) is 3. The van der Waals surface area contributed by atoms with Gasteiger partial charge in [0.25, 0.3) is 5.91 Å². The van der Waals surface area contributed by atoms with Gasteiger partial charge in [-0.1, -0.05) is 0 Å². The quantitative estimate of drug-likeness (QED) is 0.773. The highest BCUT2D eigenvalue weighted by molar-refractivity contribution is 6.05. The number of benzene rings is 1. The van der Waals surface area contributed by atoms with E-state index < -0.39 is 11.7 Å². The monoisotopic (exact) mass is 329 g/mol. The Morgan fingerprint density at radius 2 is 2.25 bits per heavy atom. The minimum Gasteiger partial charge on any atom is -0.366 e. The summed E-state index contributed by atoms with van der Waals surface area (Å²) in [5, 5.41) is 4.43. The van der Waals surface area contributed by atoms with Crippen molar-refractivity contribution in [2.24, 2.45) is 5.73 Å². The molecule has 1 aliphatic heterocycles. The minimum atomic E-state index is -0.663. The molecule has 4 rings (SSSR count). The van der Waals surface area contributed by atoms with Crippen LogP contribution in [0, 0.1) is 5.82 Å². The predicted molar refractivity (Wildman–Crippen MR) is 89.6 cm³/mol. The third-order valence-corrected chi connectivity index (χ3v) is 4.99. The largest absolute Gasteiger partial charge is 0.366 e. The fraction of sp³-hybridized carbons (Fsp3) is 0.412. The Morgan fingerprint density at radius 1 is 1.46 bits per heavy atom. The first kappa shape index (κ1) is 15.1. The van der Waals surface area contributed by atoms with Gasteiger partial charge in [-0.2, -0.15) is 5.10 Å². The second kappa shape index (κ2) is 5.31. The van der Waals surface area contributed by atoms with Crippen LogP contribution < -0.4 is 5.73 Å². The van der Waals surface area contributed by atoms with E-state index in [-0.39, 0.29) is 5.56 Å². The van der Waals surface area contributed by atoms with Crippen molar-refractivity contribution in [2.75, 3.05) is 13.1 Å². The van der Waals surface area contributed by atoms with Crippen LogP contribution in [-0.4, -0.2) is 44.5 Å². The SMILES string of the molecule is CC(C)N1CCC(c2cnn3c2[nH]c2cc(F)cc(C(N)=O)c23)C1. The second-order valence-electron chi connectivity index (χ2n) is 6.77. The molecule has 1 saturated heterocycles. The Hall–Kier alpha value is -2.41. The van der Waals surface area contributed by atoms with Crippen molar-refractivity contribution in [3.63, 3.8) is 0 Å². The first-order chi connectivity index (χ1) is 11.5. The average molecular weight is 329 g/mol. The van der Waals surface area contributed by atoms with Crippen LogP contribution in [0.4, 0.5) is 4.39 Å². The van der Waals surface area contributed by atoms with Gasteiger partial charge in [0.2, 0.25) is 0 Å². The van der Waals surface area contributed by atoms with Crippen molar-refractivity contribution in [3.05, 3.63) is 35.3 Å². The summed E-state index contributed by atoms with van der Waals surface area (Å²) < 4.78 is 15.4. The van der Waals surface area contributed by atoms with Gasteiger partial charge < -0.3 is 15.6 Å². The number of likely N-dealkylation sites (tertiary alicyclic amines) is 1. The number of aromatic amines is 1. The molecule has 3 N–H and O–H groups in total. The molecule has 0 spiro atoms. The number of nitrogens with one attached hydrogen (secondary N) is 1. The normalized spacial score (nSPS) is 19.1. The van der Waals surface area contributed by atoms with E-state index in [4.69, 9.17) is 5.73 Å². The maximum atomic E-state index is 13.8. The summed E-state index contributed by atoms with van der Waals surface area (Å²) in [5.74, 6) is -0.779. The highest BCUT2D eigenvalue weighted by Gasteiger charge is 2.29. The lowest BCUT2D eigenvalue weighted by Crippen LogP contribution is -2.27. The molecule has 24 heavy (non-hydrogen) atoms. The molecule has 1 aliphatic rings. The van der Waals surface area contributed by atoms with Crippen LogP contribution >= 0.6 is 0 Å². The number of nitrogens with two attached hydrogens (primary N) is 1. The van der Waals surface area contributed by atoms with Gasteiger partial charge in [0.15, 0.2) is 0 Å². The number of carbonyl (C=O) groups is 1. The maximum Gasteiger partial charge on any atom is 0.251 e. The summed E-state index contributed by atoms with van der Waals surface area (Å²) in [5.41, 5.74) is 8.53. The molecule has 1 amide bonds. The number of carbonyl (C=O) groups excluding carboxylic acids is 1. The summed E-state index contributed by atoms with van der Waals surface area (Å²) in [6, 6.07) is 3.05. The van der Waals surface area contributed by atoms with Crippen molar-refractivity contribution in [3.8, 4) is 0 Å². The van der Waals surface area contributed by atoms with Crippen LogP contribution in [0.2, 0.25) is 0 Å². The van der Waals surface area contributed by atoms with Gasteiger partial charge in [-0.05, 0) is 38.9 Å². The van der Waals surface area contributed by atoms with Crippen molar-refractivity contribution in [2.45, 2.75) is 32.2 Å². The summed E-state index contributed by atoms with van der Waals surface area (Å²) in [7, 11) is 0. The van der Waals surface area contributed by atoms with Crippen LogP contribution in [-0.2, 0) is 0 Å². The molecule has 0 aliphatic carbocycles. The molecule has 1 unspecified atom stereocenters. The lowest BCUT2D eigenvalue weighted by molar-refractivity contribution is 0.100. The molecule has 126 valence electrons. The van der Waals surface area contributed by atoms with Crippen LogP contribution in [0.15, 0.2) is 18.3 Å². The zero-order valence-corrected chi connectivity index (χ0v) is 13.7. The lowest BCUT2D eigenvalue weighted by Gasteiger charge is -2.19. The number of hydrogen-bond donors (Lipinski definition) is 2. The summed E-state index contributed by atoms with van der Waals surface area (Å²) in [6.45, 7) is 6.42. The van der Waals surface area contributed by atoms with Crippen LogP contribution in [0.5, 0.6) is 0 Å². The summed E-state index contributed by atoms with van der Waals surface area (Å²) >= 11 is 0. The topological polar surface area (TPSA) is 79.4 Å². The van der Waals surface area contributed by atoms with Crippen LogP contribution in [0.1, 0.15) is 42.1 Å². The number of rotatable bonds is 3. The number of halogens is 1. The first-order valence-corrected chi connectivity index (χ1v) is 8.18. The number of hydrogen-bond acceptors (Lipinski definition) is 3. The number of H-pyrrole nitrogens is 1. The van der Waals surface area contributed by atoms with E-state index in [0.29, 0.717) is 23.0 Å². The number of fused-ring (bicyclic) bond motifs is 3.